The average Bonchev–Trinajstić information content (AvgIpc) is 3.42. The van der Waals surface area contributed by atoms with Gasteiger partial charge in [-0.1, -0.05) is 23.3 Å². The molecule has 0 spiro atoms. The summed E-state index contributed by atoms with van der Waals surface area (Å²) in [5, 5.41) is 1.10. The van der Waals surface area contributed by atoms with Crippen molar-refractivity contribution < 1.29 is 13.9 Å². The van der Waals surface area contributed by atoms with Gasteiger partial charge >= 0.3 is 0 Å². The van der Waals surface area contributed by atoms with E-state index in [0.717, 1.165) is 54.6 Å². The highest BCUT2D eigenvalue weighted by molar-refractivity contribution is 5.91. The first-order valence-corrected chi connectivity index (χ1v) is 12.4. The van der Waals surface area contributed by atoms with E-state index in [-0.39, 0.29) is 5.91 Å². The van der Waals surface area contributed by atoms with E-state index in [1.54, 1.807) is 18.4 Å². The Morgan fingerprint density at radius 3 is 2.79 bits per heavy atom. The van der Waals surface area contributed by atoms with E-state index in [1.165, 1.54) is 24.0 Å². The number of carbonyl (C=O) groups excluding carboxylic acids is 1. The summed E-state index contributed by atoms with van der Waals surface area (Å²) in [6.45, 7) is 6.25. The van der Waals surface area contributed by atoms with Gasteiger partial charge < -0.3 is 19.0 Å². The van der Waals surface area contributed by atoms with Crippen molar-refractivity contribution in [3.8, 4) is 0 Å². The lowest BCUT2D eigenvalue weighted by atomic mass is 9.97. The molecule has 3 heterocycles. The molecule has 0 saturated carbocycles. The van der Waals surface area contributed by atoms with Crippen molar-refractivity contribution in [1.82, 2.24) is 9.88 Å². The fraction of sp³-hybridized carbons (Fsp3) is 0.429. The van der Waals surface area contributed by atoms with Crippen molar-refractivity contribution in [2.75, 3.05) is 37.7 Å². The fourth-order valence-electron chi connectivity index (χ4n) is 4.92. The van der Waals surface area contributed by atoms with Crippen molar-refractivity contribution in [2.45, 2.75) is 45.6 Å². The lowest BCUT2D eigenvalue weighted by Crippen LogP contribution is -2.38. The van der Waals surface area contributed by atoms with Crippen LogP contribution in [0.2, 0.25) is 0 Å². The Balaban J connectivity index is 1.48. The Bertz CT molecular complexity index is 1160. The predicted molar refractivity (Wildman–Crippen MR) is 134 cm³/mol. The largest absolute Gasteiger partial charge is 0.459 e. The number of allylic oxidation sites excluding steroid dienone is 1. The monoisotopic (exact) mass is 459 g/mol. The number of rotatable bonds is 7. The molecule has 6 nitrogen and oxygen atoms in total. The molecule has 178 valence electrons. The maximum Gasteiger partial charge on any atom is 0.289 e. The average molecular weight is 460 g/mol. The van der Waals surface area contributed by atoms with Gasteiger partial charge in [0.2, 0.25) is 0 Å². The third-order valence-electron chi connectivity index (χ3n) is 6.81. The minimum atomic E-state index is -0.0707. The van der Waals surface area contributed by atoms with E-state index in [9.17, 15) is 4.79 Å². The molecule has 1 saturated heterocycles. The van der Waals surface area contributed by atoms with Crippen LogP contribution in [0, 0.1) is 6.92 Å². The van der Waals surface area contributed by atoms with E-state index in [0.29, 0.717) is 32.1 Å². The molecular formula is C28H33N3O3. The minimum absolute atomic E-state index is 0.0707. The van der Waals surface area contributed by atoms with Gasteiger partial charge in [0, 0.05) is 37.1 Å². The number of carbonyl (C=O) groups is 1. The summed E-state index contributed by atoms with van der Waals surface area (Å²) in [5.74, 6) is 1.27. The molecule has 1 amide bonds. The zero-order valence-corrected chi connectivity index (χ0v) is 20.0. The standard InChI is InChI=1S/C28H33N3O3/c1-21-9-10-25-23(18-21)19-24(27(29-25)30-13-16-33-17-14-30)20-31(28(32)26-8-5-15-34-26)12-11-22-6-3-2-4-7-22/h5-6,8-10,15,18-19H,2-4,7,11-14,16-17,20H2,1H3. The van der Waals surface area contributed by atoms with Gasteiger partial charge in [-0.05, 0) is 69.4 Å². The first-order chi connectivity index (χ1) is 16.7. The Morgan fingerprint density at radius 2 is 2.03 bits per heavy atom. The molecular weight excluding hydrogens is 426 g/mol. The lowest BCUT2D eigenvalue weighted by molar-refractivity contribution is 0.0712. The number of fused-ring (bicyclic) bond motifs is 1. The third kappa shape index (κ3) is 5.17. The van der Waals surface area contributed by atoms with Crippen LogP contribution in [-0.4, -0.2) is 48.6 Å². The minimum Gasteiger partial charge on any atom is -0.459 e. The number of morpholine rings is 1. The Hall–Kier alpha value is -3.12. The second-order valence-corrected chi connectivity index (χ2v) is 9.33. The van der Waals surface area contributed by atoms with Crippen LogP contribution >= 0.6 is 0 Å². The SMILES string of the molecule is Cc1ccc2nc(N3CCOCC3)c(CN(CCC3=CCCCC3)C(=O)c3ccco3)cc2c1. The van der Waals surface area contributed by atoms with Gasteiger partial charge in [-0.2, -0.15) is 0 Å². The zero-order valence-electron chi connectivity index (χ0n) is 20.0. The van der Waals surface area contributed by atoms with Crippen LogP contribution in [0.25, 0.3) is 10.9 Å². The van der Waals surface area contributed by atoms with Gasteiger partial charge in [0.05, 0.1) is 25.0 Å². The number of pyridine rings is 1. The lowest BCUT2D eigenvalue weighted by Gasteiger charge is -2.31. The zero-order chi connectivity index (χ0) is 23.3. The van der Waals surface area contributed by atoms with Crippen LogP contribution < -0.4 is 4.90 Å². The number of nitrogens with zero attached hydrogens (tertiary/aromatic N) is 3. The molecule has 5 rings (SSSR count). The molecule has 1 aromatic carbocycles. The van der Waals surface area contributed by atoms with E-state index in [4.69, 9.17) is 14.1 Å². The number of amides is 1. The van der Waals surface area contributed by atoms with Gasteiger partial charge in [-0.15, -0.1) is 0 Å². The molecule has 0 N–H and O–H groups in total. The van der Waals surface area contributed by atoms with Gasteiger partial charge in [0.1, 0.15) is 5.82 Å². The highest BCUT2D eigenvalue weighted by atomic mass is 16.5. The quantitative estimate of drug-likeness (QED) is 0.436. The van der Waals surface area contributed by atoms with Crippen molar-refractivity contribution in [2.24, 2.45) is 0 Å². The van der Waals surface area contributed by atoms with Gasteiger partial charge in [0.25, 0.3) is 5.91 Å². The molecule has 1 fully saturated rings. The van der Waals surface area contributed by atoms with E-state index in [1.807, 2.05) is 4.90 Å². The van der Waals surface area contributed by atoms with Gasteiger partial charge in [-0.3, -0.25) is 4.79 Å². The number of hydrogen-bond donors (Lipinski definition) is 0. The number of ether oxygens (including phenoxy) is 1. The first-order valence-electron chi connectivity index (χ1n) is 12.4. The number of aromatic nitrogens is 1. The van der Waals surface area contributed by atoms with Crippen molar-refractivity contribution in [3.05, 3.63) is 71.2 Å². The summed E-state index contributed by atoms with van der Waals surface area (Å²) >= 11 is 0. The number of aryl methyl sites for hydroxylation is 1. The van der Waals surface area contributed by atoms with Crippen molar-refractivity contribution in [1.29, 1.82) is 0 Å². The second kappa shape index (κ2) is 10.4. The maximum absolute atomic E-state index is 13.4. The predicted octanol–water partition coefficient (Wildman–Crippen LogP) is 5.51. The molecule has 0 unspecified atom stereocenters. The Kier molecular flexibility index (Phi) is 6.95. The molecule has 6 heteroatoms. The summed E-state index contributed by atoms with van der Waals surface area (Å²) in [5.41, 5.74) is 4.71. The highest BCUT2D eigenvalue weighted by Crippen LogP contribution is 2.28. The van der Waals surface area contributed by atoms with Crippen LogP contribution in [0.4, 0.5) is 5.82 Å². The molecule has 34 heavy (non-hydrogen) atoms. The van der Waals surface area contributed by atoms with Crippen molar-refractivity contribution in [3.63, 3.8) is 0 Å². The third-order valence-corrected chi connectivity index (χ3v) is 6.81. The van der Waals surface area contributed by atoms with Crippen LogP contribution in [0.3, 0.4) is 0 Å². The molecule has 1 aliphatic carbocycles. The number of hydrogen-bond acceptors (Lipinski definition) is 5. The van der Waals surface area contributed by atoms with E-state index < -0.39 is 0 Å². The van der Waals surface area contributed by atoms with E-state index in [2.05, 4.69) is 42.2 Å². The summed E-state index contributed by atoms with van der Waals surface area (Å²) in [4.78, 5) is 22.7. The normalized spacial score (nSPS) is 16.5. The fourth-order valence-corrected chi connectivity index (χ4v) is 4.92. The number of benzene rings is 1. The summed E-state index contributed by atoms with van der Waals surface area (Å²) in [7, 11) is 0. The Labute approximate surface area is 201 Å². The first kappa shape index (κ1) is 22.7. The molecule has 0 atom stereocenters. The van der Waals surface area contributed by atoms with Crippen LogP contribution in [0.15, 0.2) is 58.7 Å². The molecule has 0 radical (unpaired) electrons. The maximum atomic E-state index is 13.4. The molecule has 2 aliphatic rings. The van der Waals surface area contributed by atoms with Crippen molar-refractivity contribution >= 4 is 22.6 Å². The van der Waals surface area contributed by atoms with Gasteiger partial charge in [0.15, 0.2) is 5.76 Å². The molecule has 3 aromatic rings. The van der Waals surface area contributed by atoms with Crippen LogP contribution in [-0.2, 0) is 11.3 Å². The molecule has 2 aromatic heterocycles. The molecule has 1 aliphatic heterocycles. The topological polar surface area (TPSA) is 58.8 Å². The Morgan fingerprint density at radius 1 is 1.15 bits per heavy atom. The summed E-state index contributed by atoms with van der Waals surface area (Å²) < 4.78 is 11.1. The summed E-state index contributed by atoms with van der Waals surface area (Å²) in [6.07, 6.45) is 9.62. The number of furan rings is 1. The number of anilines is 1. The second-order valence-electron chi connectivity index (χ2n) is 9.33. The van der Waals surface area contributed by atoms with Gasteiger partial charge in [-0.25, -0.2) is 4.98 Å². The highest BCUT2D eigenvalue weighted by Gasteiger charge is 2.24. The van der Waals surface area contributed by atoms with Crippen LogP contribution in [0.1, 0.15) is 53.8 Å². The van der Waals surface area contributed by atoms with Crippen LogP contribution in [0.5, 0.6) is 0 Å². The molecule has 0 bridgehead atoms. The summed E-state index contributed by atoms with van der Waals surface area (Å²) in [6, 6.07) is 12.1. The smallest absolute Gasteiger partial charge is 0.289 e. The van der Waals surface area contributed by atoms with E-state index >= 15 is 0 Å².